The second kappa shape index (κ2) is 6.28. The zero-order valence-corrected chi connectivity index (χ0v) is 15.8. The molecule has 0 bridgehead atoms. The summed E-state index contributed by atoms with van der Waals surface area (Å²) in [4.78, 5) is 38.6. The molecule has 2 aliphatic carbocycles. The lowest BCUT2D eigenvalue weighted by Crippen LogP contribution is -2.16. The van der Waals surface area contributed by atoms with Gasteiger partial charge in [0.1, 0.15) is 10.7 Å². The van der Waals surface area contributed by atoms with Crippen molar-refractivity contribution in [1.29, 1.82) is 0 Å². The largest absolute Gasteiger partial charge is 0.310 e. The molecular formula is C18H18N4O2S2. The number of anilines is 1. The fourth-order valence-electron chi connectivity index (χ4n) is 3.49. The van der Waals surface area contributed by atoms with E-state index in [1.807, 2.05) is 5.38 Å². The normalized spacial score (nSPS) is 16.2. The Morgan fingerprint density at radius 3 is 3.04 bits per heavy atom. The van der Waals surface area contributed by atoms with Gasteiger partial charge in [-0.05, 0) is 37.7 Å². The van der Waals surface area contributed by atoms with E-state index in [0.717, 1.165) is 35.2 Å². The molecule has 1 fully saturated rings. The molecule has 0 aliphatic heterocycles. The Bertz CT molecular complexity index is 1060. The fraction of sp³-hybridized carbons (Fsp3) is 0.444. The van der Waals surface area contributed by atoms with E-state index in [0.29, 0.717) is 23.3 Å². The third-order valence-electron chi connectivity index (χ3n) is 4.98. The number of H-pyrrole nitrogens is 1. The monoisotopic (exact) mass is 386 g/mol. The van der Waals surface area contributed by atoms with E-state index in [-0.39, 0.29) is 17.9 Å². The molecule has 0 saturated heterocycles. The summed E-state index contributed by atoms with van der Waals surface area (Å²) in [5, 5.41) is 6.29. The molecule has 0 radical (unpaired) electrons. The van der Waals surface area contributed by atoms with Crippen molar-refractivity contribution < 1.29 is 4.79 Å². The van der Waals surface area contributed by atoms with Gasteiger partial charge in [0.15, 0.2) is 5.13 Å². The maximum atomic E-state index is 12.4. The molecule has 3 heterocycles. The molecule has 8 heteroatoms. The molecule has 6 nitrogen and oxygen atoms in total. The van der Waals surface area contributed by atoms with E-state index >= 15 is 0 Å². The van der Waals surface area contributed by atoms with Crippen LogP contribution in [0.5, 0.6) is 0 Å². The zero-order chi connectivity index (χ0) is 17.7. The molecule has 0 unspecified atom stereocenters. The molecule has 1 saturated carbocycles. The van der Waals surface area contributed by atoms with Gasteiger partial charge in [-0.3, -0.25) is 9.59 Å². The third kappa shape index (κ3) is 2.97. The molecule has 0 aromatic carbocycles. The minimum atomic E-state index is -0.0990. The van der Waals surface area contributed by atoms with Crippen LogP contribution in [0.3, 0.4) is 0 Å². The molecule has 26 heavy (non-hydrogen) atoms. The number of fused-ring (bicyclic) bond motifs is 3. The van der Waals surface area contributed by atoms with Crippen molar-refractivity contribution in [3.05, 3.63) is 37.7 Å². The maximum absolute atomic E-state index is 12.4. The summed E-state index contributed by atoms with van der Waals surface area (Å²) >= 11 is 3.09. The molecule has 2 aliphatic rings. The number of carbonyl (C=O) groups excluding carboxylic acids is 1. The van der Waals surface area contributed by atoms with E-state index in [4.69, 9.17) is 0 Å². The number of hydrogen-bond acceptors (Lipinski definition) is 6. The Hall–Kier alpha value is -2.06. The molecule has 1 amide bonds. The summed E-state index contributed by atoms with van der Waals surface area (Å²) in [5.74, 6) is 1.07. The first kappa shape index (κ1) is 16.1. The molecule has 3 aromatic heterocycles. The maximum Gasteiger partial charge on any atom is 0.259 e. The van der Waals surface area contributed by atoms with Gasteiger partial charge in [-0.1, -0.05) is 0 Å². The van der Waals surface area contributed by atoms with Gasteiger partial charge < -0.3 is 10.3 Å². The SMILES string of the molecule is O=C(CCc1nc2sc3c(c2c(=O)[nH]1)CCC3)Nc1nc(C2CC2)cs1. The second-order valence-corrected chi connectivity index (χ2v) is 8.89. The summed E-state index contributed by atoms with van der Waals surface area (Å²) in [6.45, 7) is 0. The summed E-state index contributed by atoms with van der Waals surface area (Å²) in [6, 6.07) is 0. The third-order valence-corrected chi connectivity index (χ3v) is 6.94. The van der Waals surface area contributed by atoms with Crippen LogP contribution in [-0.4, -0.2) is 20.9 Å². The van der Waals surface area contributed by atoms with Crippen molar-refractivity contribution in [1.82, 2.24) is 15.0 Å². The van der Waals surface area contributed by atoms with E-state index in [9.17, 15) is 9.59 Å². The van der Waals surface area contributed by atoms with Gasteiger partial charge in [0.25, 0.3) is 5.56 Å². The predicted molar refractivity (Wildman–Crippen MR) is 103 cm³/mol. The van der Waals surface area contributed by atoms with Crippen LogP contribution in [0.1, 0.15) is 53.6 Å². The molecule has 2 N–H and O–H groups in total. The number of aromatic amines is 1. The lowest BCUT2D eigenvalue weighted by molar-refractivity contribution is -0.116. The zero-order valence-electron chi connectivity index (χ0n) is 14.1. The molecule has 5 rings (SSSR count). The summed E-state index contributed by atoms with van der Waals surface area (Å²) in [5.41, 5.74) is 2.20. The van der Waals surface area contributed by atoms with Crippen LogP contribution < -0.4 is 10.9 Å². The standard InChI is InChI=1S/C18H18N4O2S2/c23-14(22-18-19-11(8-25-18)9-4-5-9)7-6-13-20-16(24)15-10-2-1-3-12(10)26-17(15)21-13/h8-9H,1-7H2,(H,19,22,23)(H,20,21,24). The van der Waals surface area contributed by atoms with E-state index in [1.54, 1.807) is 11.3 Å². The van der Waals surface area contributed by atoms with Crippen molar-refractivity contribution in [3.8, 4) is 0 Å². The minimum Gasteiger partial charge on any atom is -0.310 e. The van der Waals surface area contributed by atoms with Gasteiger partial charge in [0, 0.05) is 29.0 Å². The van der Waals surface area contributed by atoms with Crippen LogP contribution in [-0.2, 0) is 24.1 Å². The van der Waals surface area contributed by atoms with Crippen molar-refractivity contribution in [3.63, 3.8) is 0 Å². The van der Waals surface area contributed by atoms with Gasteiger partial charge in [-0.15, -0.1) is 22.7 Å². The van der Waals surface area contributed by atoms with Crippen LogP contribution in [0.25, 0.3) is 10.2 Å². The molecule has 134 valence electrons. The highest BCUT2D eigenvalue weighted by atomic mass is 32.1. The first-order chi connectivity index (χ1) is 12.7. The smallest absolute Gasteiger partial charge is 0.259 e. The summed E-state index contributed by atoms with van der Waals surface area (Å²) < 4.78 is 0. The number of aromatic nitrogens is 3. The minimum absolute atomic E-state index is 0.0705. The van der Waals surface area contributed by atoms with E-state index in [2.05, 4.69) is 20.3 Å². The molecule has 3 aromatic rings. The highest BCUT2D eigenvalue weighted by Crippen LogP contribution is 2.40. The van der Waals surface area contributed by atoms with Gasteiger partial charge in [0.2, 0.25) is 5.91 Å². The van der Waals surface area contributed by atoms with E-state index < -0.39 is 0 Å². The summed E-state index contributed by atoms with van der Waals surface area (Å²) in [7, 11) is 0. The Morgan fingerprint density at radius 2 is 2.19 bits per heavy atom. The first-order valence-electron chi connectivity index (χ1n) is 8.96. The quantitative estimate of drug-likeness (QED) is 0.704. The average Bonchev–Trinajstić information content (AvgIpc) is 3.02. The Balaban J connectivity index is 1.27. The van der Waals surface area contributed by atoms with Crippen molar-refractivity contribution in [2.24, 2.45) is 0 Å². The predicted octanol–water partition coefficient (Wildman–Crippen LogP) is 3.38. The number of nitrogens with zero attached hydrogens (tertiary/aromatic N) is 2. The lowest BCUT2D eigenvalue weighted by atomic mass is 10.2. The number of thiophene rings is 1. The number of carbonyl (C=O) groups is 1. The van der Waals surface area contributed by atoms with Crippen molar-refractivity contribution in [2.75, 3.05) is 5.32 Å². The topological polar surface area (TPSA) is 87.7 Å². The van der Waals surface area contributed by atoms with Crippen LogP contribution in [0.4, 0.5) is 5.13 Å². The van der Waals surface area contributed by atoms with Gasteiger partial charge in [0.05, 0.1) is 11.1 Å². The van der Waals surface area contributed by atoms with Crippen molar-refractivity contribution >= 4 is 43.9 Å². The Morgan fingerprint density at radius 1 is 1.31 bits per heavy atom. The molecule has 0 atom stereocenters. The number of thiazole rings is 1. The molecule has 0 spiro atoms. The number of nitrogens with one attached hydrogen (secondary N) is 2. The molecular weight excluding hydrogens is 368 g/mol. The van der Waals surface area contributed by atoms with Crippen LogP contribution >= 0.6 is 22.7 Å². The average molecular weight is 387 g/mol. The van der Waals surface area contributed by atoms with E-state index in [1.165, 1.54) is 34.6 Å². The Kier molecular flexibility index (Phi) is 3.90. The Labute approximate surface area is 157 Å². The van der Waals surface area contributed by atoms with Gasteiger partial charge in [-0.25, -0.2) is 9.97 Å². The van der Waals surface area contributed by atoms with Crippen LogP contribution in [0, 0.1) is 0 Å². The van der Waals surface area contributed by atoms with Crippen LogP contribution in [0.2, 0.25) is 0 Å². The van der Waals surface area contributed by atoms with Gasteiger partial charge >= 0.3 is 0 Å². The van der Waals surface area contributed by atoms with Crippen molar-refractivity contribution in [2.45, 2.75) is 50.9 Å². The van der Waals surface area contributed by atoms with Crippen LogP contribution in [0.15, 0.2) is 10.2 Å². The van der Waals surface area contributed by atoms with Gasteiger partial charge in [-0.2, -0.15) is 0 Å². The number of rotatable bonds is 5. The summed E-state index contributed by atoms with van der Waals surface area (Å²) in [6.07, 6.45) is 6.23. The number of aryl methyl sites for hydroxylation is 3. The number of hydrogen-bond donors (Lipinski definition) is 2. The lowest BCUT2D eigenvalue weighted by Gasteiger charge is -2.02. The number of amides is 1. The highest BCUT2D eigenvalue weighted by molar-refractivity contribution is 7.18. The second-order valence-electron chi connectivity index (χ2n) is 6.95. The fourth-order valence-corrected chi connectivity index (χ4v) is 5.58. The first-order valence-corrected chi connectivity index (χ1v) is 10.7. The highest BCUT2D eigenvalue weighted by Gasteiger charge is 2.26.